The van der Waals surface area contributed by atoms with Crippen LogP contribution in [0.15, 0.2) is 24.3 Å². The third-order valence-electron chi connectivity index (χ3n) is 7.25. The first-order valence-corrected chi connectivity index (χ1v) is 11.2. The van der Waals surface area contributed by atoms with Crippen molar-refractivity contribution in [2.24, 2.45) is 11.8 Å². The van der Waals surface area contributed by atoms with Crippen molar-refractivity contribution in [2.75, 3.05) is 19.8 Å². The Morgan fingerprint density at radius 1 is 1.06 bits per heavy atom. The average Bonchev–Trinajstić information content (AvgIpc) is 3.52. The van der Waals surface area contributed by atoms with Crippen molar-refractivity contribution in [3.05, 3.63) is 29.8 Å². The van der Waals surface area contributed by atoms with Gasteiger partial charge in [0.15, 0.2) is 12.6 Å². The highest BCUT2D eigenvalue weighted by molar-refractivity contribution is 5.89. The number of hydrogen-bond acceptors (Lipinski definition) is 12. The molecule has 1 saturated carbocycles. The molecule has 12 heteroatoms. The highest BCUT2D eigenvalue weighted by Crippen LogP contribution is 2.61. The van der Waals surface area contributed by atoms with Gasteiger partial charge in [-0.25, -0.2) is 4.79 Å². The number of aromatic hydroxyl groups is 1. The van der Waals surface area contributed by atoms with Gasteiger partial charge in [0.2, 0.25) is 0 Å². The minimum Gasteiger partial charge on any atom is -0.508 e. The van der Waals surface area contributed by atoms with E-state index in [0.717, 1.165) is 0 Å². The van der Waals surface area contributed by atoms with E-state index in [1.54, 1.807) is 0 Å². The van der Waals surface area contributed by atoms with Gasteiger partial charge in [0.1, 0.15) is 48.0 Å². The summed E-state index contributed by atoms with van der Waals surface area (Å²) in [6.45, 7) is -0.766. The molecule has 1 aliphatic carbocycles. The molecule has 3 aliphatic heterocycles. The summed E-state index contributed by atoms with van der Waals surface area (Å²) in [5, 5.41) is 59.4. The first-order valence-electron chi connectivity index (χ1n) is 11.2. The fraction of sp³-hybridized carbons (Fsp3) is 0.682. The van der Waals surface area contributed by atoms with Gasteiger partial charge in [0, 0.05) is 5.92 Å². The molecular formula is C22H28O12. The number of benzene rings is 1. The SMILES string of the molecule is O=C(OC1C2CCOC(OC3OC(CO)C(O)C(O)C3O)C2C2(CO)OC12)c1ccc(O)cc1. The molecule has 3 saturated heterocycles. The topological polar surface area (TPSA) is 188 Å². The van der Waals surface area contributed by atoms with E-state index in [1.807, 2.05) is 0 Å². The van der Waals surface area contributed by atoms with Crippen LogP contribution in [0.2, 0.25) is 0 Å². The smallest absolute Gasteiger partial charge is 0.338 e. The molecule has 34 heavy (non-hydrogen) atoms. The lowest BCUT2D eigenvalue weighted by Gasteiger charge is -2.44. The van der Waals surface area contributed by atoms with Crippen LogP contribution >= 0.6 is 0 Å². The average molecular weight is 484 g/mol. The van der Waals surface area contributed by atoms with E-state index in [0.29, 0.717) is 6.42 Å². The first kappa shape index (κ1) is 23.9. The van der Waals surface area contributed by atoms with E-state index in [1.165, 1.54) is 24.3 Å². The van der Waals surface area contributed by atoms with Crippen LogP contribution in [0.3, 0.4) is 0 Å². The minimum atomic E-state index is -1.62. The lowest BCUT2D eigenvalue weighted by atomic mass is 9.83. The van der Waals surface area contributed by atoms with E-state index < -0.39 is 73.3 Å². The maximum Gasteiger partial charge on any atom is 0.338 e. The molecule has 11 unspecified atom stereocenters. The number of phenols is 1. The van der Waals surface area contributed by atoms with Gasteiger partial charge in [-0.2, -0.15) is 0 Å². The number of esters is 1. The van der Waals surface area contributed by atoms with E-state index >= 15 is 0 Å². The Hall–Kier alpha value is -1.87. The van der Waals surface area contributed by atoms with Crippen LogP contribution in [0.4, 0.5) is 0 Å². The number of carbonyl (C=O) groups excluding carboxylic acids is 1. The van der Waals surface area contributed by atoms with Crippen LogP contribution in [-0.4, -0.2) is 111 Å². The Morgan fingerprint density at radius 2 is 1.79 bits per heavy atom. The second kappa shape index (κ2) is 8.97. The standard InChI is InChI=1S/C22H28O12/c23-7-12-14(26)15(27)16(28)21(31-12)33-20-13-11(5-6-30-20)17(18-22(13,8-24)34-18)32-19(29)9-1-3-10(25)4-2-9/h1-4,11-18,20-21,23-28H,5-8H2. The van der Waals surface area contributed by atoms with Crippen LogP contribution in [-0.2, 0) is 23.7 Å². The predicted molar refractivity (Wildman–Crippen MR) is 108 cm³/mol. The summed E-state index contributed by atoms with van der Waals surface area (Å²) in [5.41, 5.74) is -0.832. The molecule has 0 bridgehead atoms. The Morgan fingerprint density at radius 3 is 2.47 bits per heavy atom. The molecule has 4 aliphatic rings. The van der Waals surface area contributed by atoms with Gasteiger partial charge in [-0.05, 0) is 30.7 Å². The second-order valence-corrected chi connectivity index (χ2v) is 9.12. The van der Waals surface area contributed by atoms with Crippen molar-refractivity contribution in [1.29, 1.82) is 0 Å². The van der Waals surface area contributed by atoms with Gasteiger partial charge in [-0.3, -0.25) is 0 Å². The van der Waals surface area contributed by atoms with Crippen LogP contribution in [0.25, 0.3) is 0 Å². The molecule has 188 valence electrons. The number of aliphatic hydroxyl groups is 5. The fourth-order valence-corrected chi connectivity index (χ4v) is 5.41. The third kappa shape index (κ3) is 3.79. The maximum atomic E-state index is 12.7. The molecule has 0 aromatic heterocycles. The van der Waals surface area contributed by atoms with Crippen molar-refractivity contribution in [1.82, 2.24) is 0 Å². The summed E-state index contributed by atoms with van der Waals surface area (Å²) in [6, 6.07) is 5.62. The number of aliphatic hydroxyl groups excluding tert-OH is 5. The van der Waals surface area contributed by atoms with Crippen molar-refractivity contribution >= 4 is 5.97 Å². The quantitative estimate of drug-likeness (QED) is 0.190. The first-order chi connectivity index (χ1) is 16.3. The number of fused-ring (bicyclic) bond motifs is 3. The molecule has 0 amide bonds. The van der Waals surface area contributed by atoms with Gasteiger partial charge in [-0.15, -0.1) is 0 Å². The Labute approximate surface area is 194 Å². The zero-order valence-electron chi connectivity index (χ0n) is 18.0. The lowest BCUT2D eigenvalue weighted by Crippen LogP contribution is -2.61. The summed E-state index contributed by atoms with van der Waals surface area (Å²) >= 11 is 0. The summed E-state index contributed by atoms with van der Waals surface area (Å²) in [6.07, 6.45) is -9.17. The van der Waals surface area contributed by atoms with Gasteiger partial charge < -0.3 is 54.3 Å². The van der Waals surface area contributed by atoms with Crippen molar-refractivity contribution in [2.45, 2.75) is 61.2 Å². The molecule has 11 atom stereocenters. The largest absolute Gasteiger partial charge is 0.508 e. The molecule has 1 aromatic carbocycles. The number of epoxide rings is 1. The summed E-state index contributed by atoms with van der Waals surface area (Å²) in [4.78, 5) is 12.7. The molecule has 0 spiro atoms. The fourth-order valence-electron chi connectivity index (χ4n) is 5.41. The third-order valence-corrected chi connectivity index (χ3v) is 7.25. The van der Waals surface area contributed by atoms with Gasteiger partial charge in [0.05, 0.1) is 31.3 Å². The van der Waals surface area contributed by atoms with E-state index in [9.17, 15) is 35.4 Å². The summed E-state index contributed by atoms with van der Waals surface area (Å²) in [5.74, 6) is -1.47. The molecule has 3 heterocycles. The zero-order chi connectivity index (χ0) is 24.2. The van der Waals surface area contributed by atoms with Crippen LogP contribution < -0.4 is 0 Å². The highest BCUT2D eigenvalue weighted by atomic mass is 16.8. The summed E-state index contributed by atoms with van der Waals surface area (Å²) < 4.78 is 28.6. The second-order valence-electron chi connectivity index (χ2n) is 9.12. The lowest BCUT2D eigenvalue weighted by molar-refractivity contribution is -0.356. The maximum absolute atomic E-state index is 12.7. The molecule has 5 rings (SSSR count). The van der Waals surface area contributed by atoms with Crippen molar-refractivity contribution in [3.63, 3.8) is 0 Å². The van der Waals surface area contributed by atoms with Gasteiger partial charge in [-0.1, -0.05) is 0 Å². The monoisotopic (exact) mass is 484 g/mol. The van der Waals surface area contributed by atoms with Crippen LogP contribution in [0.1, 0.15) is 16.8 Å². The number of ether oxygens (including phenoxy) is 5. The Balaban J connectivity index is 1.33. The normalized spacial score (nSPS) is 45.3. The van der Waals surface area contributed by atoms with E-state index in [2.05, 4.69) is 0 Å². The molecule has 4 fully saturated rings. The highest BCUT2D eigenvalue weighted by Gasteiger charge is 2.77. The molecule has 12 nitrogen and oxygen atoms in total. The number of rotatable bonds is 6. The molecule has 6 N–H and O–H groups in total. The van der Waals surface area contributed by atoms with Gasteiger partial charge >= 0.3 is 5.97 Å². The molecule has 0 radical (unpaired) electrons. The van der Waals surface area contributed by atoms with Crippen LogP contribution in [0, 0.1) is 11.8 Å². The minimum absolute atomic E-state index is 0.0138. The number of phenolic OH excluding ortho intramolecular Hbond substituents is 1. The van der Waals surface area contributed by atoms with Crippen LogP contribution in [0.5, 0.6) is 5.75 Å². The van der Waals surface area contributed by atoms with Crippen molar-refractivity contribution < 1.29 is 59.1 Å². The predicted octanol–water partition coefficient (Wildman–Crippen LogP) is -2.14. The Bertz CT molecular complexity index is 892. The molecule has 1 aromatic rings. The number of hydrogen-bond donors (Lipinski definition) is 6. The number of carbonyl (C=O) groups is 1. The van der Waals surface area contributed by atoms with E-state index in [-0.39, 0.29) is 30.4 Å². The molecular weight excluding hydrogens is 456 g/mol. The zero-order valence-corrected chi connectivity index (χ0v) is 18.0. The van der Waals surface area contributed by atoms with Gasteiger partial charge in [0.25, 0.3) is 0 Å². The van der Waals surface area contributed by atoms with E-state index in [4.69, 9.17) is 23.7 Å². The summed E-state index contributed by atoms with van der Waals surface area (Å²) in [7, 11) is 0. The van der Waals surface area contributed by atoms with Crippen molar-refractivity contribution in [3.8, 4) is 5.75 Å². The Kier molecular flexibility index (Phi) is 6.29.